The average molecular weight is 450 g/mol. The highest BCUT2D eigenvalue weighted by atomic mass is 16.2. The summed E-state index contributed by atoms with van der Waals surface area (Å²) in [6.07, 6.45) is 3.58. The maximum atomic E-state index is 12.4. The van der Waals surface area contributed by atoms with Crippen molar-refractivity contribution in [3.05, 3.63) is 65.7 Å². The van der Waals surface area contributed by atoms with Crippen molar-refractivity contribution in [2.45, 2.75) is 32.6 Å². The van der Waals surface area contributed by atoms with Crippen LogP contribution in [0.4, 0.5) is 5.69 Å². The maximum Gasteiger partial charge on any atom is 0.223 e. The van der Waals surface area contributed by atoms with Gasteiger partial charge in [-0.1, -0.05) is 42.5 Å². The average Bonchev–Trinajstić information content (AvgIpc) is 3.19. The third kappa shape index (κ3) is 8.12. The van der Waals surface area contributed by atoms with Crippen LogP contribution in [0, 0.1) is 5.92 Å². The third-order valence-electron chi connectivity index (χ3n) is 6.05. The standard InChI is InChI=1S/C27H39N5O/c1-4-28-27(29-17-8-11-23-12-14-25(15-13-23)31(2)3)30-20-24-19-26(33)32(21-24)18-16-22-9-6-5-7-10-22/h5-7,9-10,12-15,24H,4,8,11,16-21H2,1-3H3,(H2,28,29,30). The number of hydrogen-bond acceptors (Lipinski definition) is 3. The zero-order valence-corrected chi connectivity index (χ0v) is 20.4. The first-order valence-corrected chi connectivity index (χ1v) is 12.1. The molecule has 6 nitrogen and oxygen atoms in total. The Bertz CT molecular complexity index is 879. The summed E-state index contributed by atoms with van der Waals surface area (Å²) in [5.74, 6) is 1.39. The Hall–Kier alpha value is -3.02. The summed E-state index contributed by atoms with van der Waals surface area (Å²) < 4.78 is 0. The topological polar surface area (TPSA) is 60.0 Å². The van der Waals surface area contributed by atoms with Crippen molar-refractivity contribution in [1.82, 2.24) is 15.5 Å². The molecule has 2 aromatic rings. The number of aliphatic imine (C=N–C) groups is 1. The van der Waals surface area contributed by atoms with Crippen LogP contribution in [0.2, 0.25) is 0 Å². The predicted molar refractivity (Wildman–Crippen MR) is 138 cm³/mol. The summed E-state index contributed by atoms with van der Waals surface area (Å²) in [6.45, 7) is 6.04. The van der Waals surface area contributed by atoms with E-state index in [1.807, 2.05) is 11.0 Å². The Labute approximate surface area is 199 Å². The van der Waals surface area contributed by atoms with Gasteiger partial charge in [0.1, 0.15) is 0 Å². The lowest BCUT2D eigenvalue weighted by Crippen LogP contribution is -2.38. The molecule has 178 valence electrons. The van der Waals surface area contributed by atoms with Gasteiger partial charge in [-0.15, -0.1) is 0 Å². The number of amides is 1. The fourth-order valence-electron chi connectivity index (χ4n) is 4.12. The van der Waals surface area contributed by atoms with Gasteiger partial charge < -0.3 is 20.4 Å². The van der Waals surface area contributed by atoms with Gasteiger partial charge in [-0.25, -0.2) is 0 Å². The van der Waals surface area contributed by atoms with Crippen molar-refractivity contribution >= 4 is 17.6 Å². The summed E-state index contributed by atoms with van der Waals surface area (Å²) in [4.78, 5) is 21.3. The number of likely N-dealkylation sites (tertiary alicyclic amines) is 1. The van der Waals surface area contributed by atoms with E-state index in [1.54, 1.807) is 0 Å². The van der Waals surface area contributed by atoms with Gasteiger partial charge in [0.05, 0.1) is 0 Å². The normalized spacial score (nSPS) is 16.2. The molecule has 1 aliphatic heterocycles. The smallest absolute Gasteiger partial charge is 0.223 e. The minimum atomic E-state index is 0.254. The van der Waals surface area contributed by atoms with Crippen LogP contribution in [-0.2, 0) is 17.6 Å². The molecule has 1 heterocycles. The van der Waals surface area contributed by atoms with E-state index in [4.69, 9.17) is 4.99 Å². The van der Waals surface area contributed by atoms with E-state index in [2.05, 4.69) is 85.1 Å². The molecule has 2 N–H and O–H groups in total. The van der Waals surface area contributed by atoms with Gasteiger partial charge >= 0.3 is 0 Å². The number of benzene rings is 2. The Morgan fingerprint density at radius 3 is 2.45 bits per heavy atom. The van der Waals surface area contributed by atoms with Crippen molar-refractivity contribution < 1.29 is 4.79 Å². The van der Waals surface area contributed by atoms with Gasteiger partial charge in [-0.3, -0.25) is 9.79 Å². The van der Waals surface area contributed by atoms with Crippen molar-refractivity contribution in [2.24, 2.45) is 10.9 Å². The Morgan fingerprint density at radius 2 is 1.76 bits per heavy atom. The van der Waals surface area contributed by atoms with Crippen LogP contribution in [0.5, 0.6) is 0 Å². The number of carbonyl (C=O) groups is 1. The molecule has 1 fully saturated rings. The third-order valence-corrected chi connectivity index (χ3v) is 6.05. The van der Waals surface area contributed by atoms with E-state index >= 15 is 0 Å². The van der Waals surface area contributed by atoms with Gasteiger partial charge in [-0.2, -0.15) is 0 Å². The van der Waals surface area contributed by atoms with E-state index in [0.717, 1.165) is 51.4 Å². The van der Waals surface area contributed by atoms with Crippen molar-refractivity contribution in [2.75, 3.05) is 51.7 Å². The number of guanidine groups is 1. The molecular weight excluding hydrogens is 410 g/mol. The Balaban J connectivity index is 1.40. The minimum absolute atomic E-state index is 0.254. The van der Waals surface area contributed by atoms with Crippen LogP contribution < -0.4 is 15.5 Å². The second-order valence-electron chi connectivity index (χ2n) is 8.96. The number of nitrogens with zero attached hydrogens (tertiary/aromatic N) is 3. The number of aryl methyl sites for hydroxylation is 1. The molecule has 0 bridgehead atoms. The first-order valence-electron chi connectivity index (χ1n) is 12.1. The summed E-state index contributed by atoms with van der Waals surface area (Å²) in [5, 5.41) is 6.77. The lowest BCUT2D eigenvalue weighted by Gasteiger charge is -2.16. The summed E-state index contributed by atoms with van der Waals surface area (Å²) in [6, 6.07) is 19.1. The van der Waals surface area contributed by atoms with Crippen LogP contribution in [0.15, 0.2) is 59.6 Å². The number of hydrogen-bond donors (Lipinski definition) is 2. The molecule has 2 aromatic carbocycles. The molecule has 0 aromatic heterocycles. The number of anilines is 1. The second-order valence-corrected chi connectivity index (χ2v) is 8.96. The molecule has 0 radical (unpaired) electrons. The summed E-state index contributed by atoms with van der Waals surface area (Å²) >= 11 is 0. The highest BCUT2D eigenvalue weighted by Crippen LogP contribution is 2.18. The monoisotopic (exact) mass is 449 g/mol. The molecule has 3 rings (SSSR count). The van der Waals surface area contributed by atoms with E-state index < -0.39 is 0 Å². The molecule has 0 aliphatic carbocycles. The molecule has 1 aliphatic rings. The number of nitrogens with one attached hydrogen (secondary N) is 2. The maximum absolute atomic E-state index is 12.4. The van der Waals surface area contributed by atoms with Gasteiger partial charge in [0.2, 0.25) is 5.91 Å². The zero-order chi connectivity index (χ0) is 23.5. The molecule has 0 spiro atoms. The van der Waals surface area contributed by atoms with Crippen molar-refractivity contribution in [3.63, 3.8) is 0 Å². The molecule has 1 unspecified atom stereocenters. The van der Waals surface area contributed by atoms with Crippen molar-refractivity contribution in [3.8, 4) is 0 Å². The number of rotatable bonds is 11. The molecule has 33 heavy (non-hydrogen) atoms. The van der Waals surface area contributed by atoms with Gasteiger partial charge in [-0.05, 0) is 49.4 Å². The van der Waals surface area contributed by atoms with Gasteiger partial charge in [0.25, 0.3) is 0 Å². The highest BCUT2D eigenvalue weighted by Gasteiger charge is 2.28. The van der Waals surface area contributed by atoms with Crippen LogP contribution >= 0.6 is 0 Å². The molecule has 6 heteroatoms. The summed E-state index contributed by atoms with van der Waals surface area (Å²) in [5.41, 5.74) is 3.85. The van der Waals surface area contributed by atoms with E-state index in [1.165, 1.54) is 16.8 Å². The van der Waals surface area contributed by atoms with Crippen LogP contribution in [0.1, 0.15) is 30.9 Å². The van der Waals surface area contributed by atoms with E-state index in [-0.39, 0.29) is 5.91 Å². The predicted octanol–water partition coefficient (Wildman–Crippen LogP) is 3.33. The first kappa shape index (κ1) is 24.6. The van der Waals surface area contributed by atoms with Crippen LogP contribution in [-0.4, -0.2) is 63.6 Å². The summed E-state index contributed by atoms with van der Waals surface area (Å²) in [7, 11) is 4.12. The SMILES string of the molecule is CCNC(=NCC1CC(=O)N(CCc2ccccc2)C1)NCCCc1ccc(N(C)C)cc1. The largest absolute Gasteiger partial charge is 0.378 e. The Kier molecular flexibility index (Phi) is 9.60. The first-order chi connectivity index (χ1) is 16.0. The fourth-order valence-corrected chi connectivity index (χ4v) is 4.12. The molecule has 1 atom stereocenters. The molecular formula is C27H39N5O. The second kappa shape index (κ2) is 12.9. The number of carbonyl (C=O) groups excluding carboxylic acids is 1. The quantitative estimate of drug-likeness (QED) is 0.314. The van der Waals surface area contributed by atoms with Gasteiger partial charge in [0.15, 0.2) is 5.96 Å². The fraction of sp³-hybridized carbons (Fsp3) is 0.481. The van der Waals surface area contributed by atoms with Crippen LogP contribution in [0.3, 0.4) is 0 Å². The van der Waals surface area contributed by atoms with E-state index in [9.17, 15) is 4.79 Å². The van der Waals surface area contributed by atoms with Crippen LogP contribution in [0.25, 0.3) is 0 Å². The molecule has 1 amide bonds. The zero-order valence-electron chi connectivity index (χ0n) is 20.4. The van der Waals surface area contributed by atoms with E-state index in [0.29, 0.717) is 18.9 Å². The lowest BCUT2D eigenvalue weighted by atomic mass is 10.1. The molecule has 1 saturated heterocycles. The minimum Gasteiger partial charge on any atom is -0.378 e. The van der Waals surface area contributed by atoms with Crippen molar-refractivity contribution in [1.29, 1.82) is 0 Å². The van der Waals surface area contributed by atoms with Gasteiger partial charge in [0, 0.05) is 64.8 Å². The Morgan fingerprint density at radius 1 is 1.03 bits per heavy atom. The molecule has 0 saturated carbocycles. The highest BCUT2D eigenvalue weighted by molar-refractivity contribution is 5.80. The lowest BCUT2D eigenvalue weighted by molar-refractivity contribution is -0.127.